The van der Waals surface area contributed by atoms with E-state index in [1.807, 2.05) is 13.8 Å². The molecule has 1 saturated heterocycles. The zero-order valence-electron chi connectivity index (χ0n) is 15.4. The summed E-state index contributed by atoms with van der Waals surface area (Å²) in [6, 6.07) is -1.06. The van der Waals surface area contributed by atoms with Crippen molar-refractivity contribution < 1.29 is 19.1 Å². The Labute approximate surface area is 143 Å². The maximum atomic E-state index is 12.6. The van der Waals surface area contributed by atoms with Crippen LogP contribution in [0.2, 0.25) is 0 Å². The molecule has 3 N–H and O–H groups in total. The summed E-state index contributed by atoms with van der Waals surface area (Å²) in [5.41, 5.74) is 2.01. The molecule has 1 heterocycles. The molecule has 1 rings (SSSR count). The smallest absolute Gasteiger partial charge is 0.327 e. The minimum atomic E-state index is -0.933. The average Bonchev–Trinajstić information content (AvgIpc) is 2.53. The molecule has 0 aromatic rings. The quantitative estimate of drug-likeness (QED) is 0.578. The lowest BCUT2D eigenvalue weighted by Crippen LogP contribution is -2.65. The van der Waals surface area contributed by atoms with Crippen LogP contribution in [0.15, 0.2) is 0 Å². The number of likely N-dealkylation sites (N-methyl/N-ethyl adjacent to an activating group) is 1. The van der Waals surface area contributed by atoms with Crippen LogP contribution in [0.1, 0.15) is 40.5 Å². The summed E-state index contributed by atoms with van der Waals surface area (Å²) in [5.74, 6) is -0.808. The van der Waals surface area contributed by atoms with Crippen LogP contribution in [0.25, 0.3) is 0 Å². The maximum Gasteiger partial charge on any atom is 0.327 e. The molecule has 0 spiro atoms. The van der Waals surface area contributed by atoms with Crippen molar-refractivity contribution in [2.75, 3.05) is 20.7 Å². The molecular formula is C16H30N4O4. The molecule has 3 atom stereocenters. The molecular weight excluding hydrogens is 312 g/mol. The van der Waals surface area contributed by atoms with Crippen molar-refractivity contribution in [3.8, 4) is 0 Å². The summed E-state index contributed by atoms with van der Waals surface area (Å²) >= 11 is 0. The molecule has 2 amide bonds. The van der Waals surface area contributed by atoms with Crippen molar-refractivity contribution in [1.29, 1.82) is 0 Å². The first kappa shape index (κ1) is 20.4. The summed E-state index contributed by atoms with van der Waals surface area (Å²) in [5, 5.41) is 7.08. The first-order chi connectivity index (χ1) is 11.2. The molecule has 138 valence electrons. The molecule has 0 aromatic heterocycles. The normalized spacial score (nSPS) is 23.5. The van der Waals surface area contributed by atoms with E-state index in [0.29, 0.717) is 19.4 Å². The lowest BCUT2D eigenvalue weighted by molar-refractivity contribution is -0.157. The zero-order valence-corrected chi connectivity index (χ0v) is 15.4. The second kappa shape index (κ2) is 8.43. The number of rotatable bonds is 6. The van der Waals surface area contributed by atoms with Gasteiger partial charge in [-0.3, -0.25) is 19.4 Å². The van der Waals surface area contributed by atoms with Crippen LogP contribution < -0.4 is 16.1 Å². The van der Waals surface area contributed by atoms with Crippen molar-refractivity contribution in [2.24, 2.45) is 5.92 Å². The number of nitrogens with zero attached hydrogens (tertiary/aromatic N) is 1. The number of hydrogen-bond acceptors (Lipinski definition) is 6. The monoisotopic (exact) mass is 342 g/mol. The standard InChI is InChI=1S/C16H30N4O4/c1-10(2)12(17-5)13(21)18-11(3)14(22)20-9-7-8-16(4,19-20)15(23)24-6/h10-12,17,19H,7-9H2,1-6H3,(H,18,21)/t11?,12-,16?/m0/s1. The summed E-state index contributed by atoms with van der Waals surface area (Å²) in [6.07, 6.45) is 1.26. The third kappa shape index (κ3) is 4.67. The Morgan fingerprint density at radius 2 is 1.88 bits per heavy atom. The van der Waals surface area contributed by atoms with Gasteiger partial charge in [-0.15, -0.1) is 0 Å². The Hall–Kier alpha value is -1.67. The topological polar surface area (TPSA) is 99.8 Å². The van der Waals surface area contributed by atoms with Gasteiger partial charge in [-0.1, -0.05) is 13.8 Å². The van der Waals surface area contributed by atoms with Gasteiger partial charge >= 0.3 is 5.97 Å². The van der Waals surface area contributed by atoms with Crippen molar-refractivity contribution in [2.45, 2.75) is 58.2 Å². The van der Waals surface area contributed by atoms with E-state index in [1.54, 1.807) is 20.9 Å². The SMILES string of the molecule is CN[C@H](C(=O)NC(C)C(=O)N1CCCC(C)(C(=O)OC)N1)C(C)C. The molecule has 0 aliphatic carbocycles. The van der Waals surface area contributed by atoms with Gasteiger partial charge < -0.3 is 15.4 Å². The average molecular weight is 342 g/mol. The molecule has 8 heteroatoms. The van der Waals surface area contributed by atoms with E-state index >= 15 is 0 Å². The largest absolute Gasteiger partial charge is 0.468 e. The third-order valence-corrected chi connectivity index (χ3v) is 4.33. The number of carbonyl (C=O) groups is 3. The fourth-order valence-electron chi connectivity index (χ4n) is 2.90. The van der Waals surface area contributed by atoms with E-state index in [1.165, 1.54) is 12.1 Å². The second-order valence-corrected chi connectivity index (χ2v) is 6.77. The minimum Gasteiger partial charge on any atom is -0.468 e. The number of methoxy groups -OCH3 is 1. The number of ether oxygens (including phenoxy) is 1. The molecule has 1 aliphatic heterocycles. The van der Waals surface area contributed by atoms with Crippen LogP contribution in [0.5, 0.6) is 0 Å². The van der Waals surface area contributed by atoms with Crippen molar-refractivity contribution >= 4 is 17.8 Å². The van der Waals surface area contributed by atoms with Gasteiger partial charge in [0.15, 0.2) is 0 Å². The fraction of sp³-hybridized carbons (Fsp3) is 0.812. The minimum absolute atomic E-state index is 0.105. The molecule has 1 aliphatic rings. The molecule has 0 aromatic carbocycles. The highest BCUT2D eigenvalue weighted by Crippen LogP contribution is 2.20. The van der Waals surface area contributed by atoms with Crippen molar-refractivity contribution in [3.63, 3.8) is 0 Å². The number of carbonyl (C=O) groups excluding carboxylic acids is 3. The molecule has 0 saturated carbocycles. The Bertz CT molecular complexity index is 483. The summed E-state index contributed by atoms with van der Waals surface area (Å²) in [6.45, 7) is 7.68. The number of amides is 2. The predicted octanol–water partition coefficient (Wildman–Crippen LogP) is -0.206. The van der Waals surface area contributed by atoms with Gasteiger partial charge in [0.05, 0.1) is 13.2 Å². The maximum absolute atomic E-state index is 12.6. The van der Waals surface area contributed by atoms with Gasteiger partial charge in [0.1, 0.15) is 11.6 Å². The summed E-state index contributed by atoms with van der Waals surface area (Å²) in [4.78, 5) is 36.8. The second-order valence-electron chi connectivity index (χ2n) is 6.77. The van der Waals surface area contributed by atoms with Gasteiger partial charge in [0.2, 0.25) is 5.91 Å². The van der Waals surface area contributed by atoms with E-state index in [-0.39, 0.29) is 23.8 Å². The molecule has 24 heavy (non-hydrogen) atoms. The number of hydrogen-bond donors (Lipinski definition) is 3. The Kier molecular flexibility index (Phi) is 7.16. The van der Waals surface area contributed by atoms with E-state index in [9.17, 15) is 14.4 Å². The Morgan fingerprint density at radius 3 is 2.38 bits per heavy atom. The van der Waals surface area contributed by atoms with E-state index < -0.39 is 17.6 Å². The van der Waals surface area contributed by atoms with Gasteiger partial charge in [0.25, 0.3) is 5.91 Å². The number of nitrogens with one attached hydrogen (secondary N) is 3. The fourth-order valence-corrected chi connectivity index (χ4v) is 2.90. The summed E-state index contributed by atoms with van der Waals surface area (Å²) in [7, 11) is 3.04. The lowest BCUT2D eigenvalue weighted by Gasteiger charge is -2.40. The summed E-state index contributed by atoms with van der Waals surface area (Å²) < 4.78 is 4.80. The number of hydrazine groups is 1. The molecule has 1 fully saturated rings. The Morgan fingerprint density at radius 1 is 1.25 bits per heavy atom. The molecule has 0 radical (unpaired) electrons. The highest BCUT2D eigenvalue weighted by Gasteiger charge is 2.41. The zero-order chi connectivity index (χ0) is 18.5. The van der Waals surface area contributed by atoms with E-state index in [0.717, 1.165) is 0 Å². The third-order valence-electron chi connectivity index (χ3n) is 4.33. The van der Waals surface area contributed by atoms with E-state index in [2.05, 4.69) is 16.1 Å². The van der Waals surface area contributed by atoms with Gasteiger partial charge in [-0.2, -0.15) is 0 Å². The van der Waals surface area contributed by atoms with Gasteiger partial charge in [-0.25, -0.2) is 5.43 Å². The first-order valence-electron chi connectivity index (χ1n) is 8.31. The first-order valence-corrected chi connectivity index (χ1v) is 8.31. The van der Waals surface area contributed by atoms with Gasteiger partial charge in [0, 0.05) is 6.54 Å². The number of esters is 1. The van der Waals surface area contributed by atoms with Crippen LogP contribution in [0.3, 0.4) is 0 Å². The van der Waals surface area contributed by atoms with Gasteiger partial charge in [-0.05, 0) is 39.7 Å². The van der Waals surface area contributed by atoms with Crippen LogP contribution in [0.4, 0.5) is 0 Å². The lowest BCUT2D eigenvalue weighted by atomic mass is 9.94. The van der Waals surface area contributed by atoms with Crippen LogP contribution >= 0.6 is 0 Å². The Balaban J connectivity index is 2.71. The molecule has 8 nitrogen and oxygen atoms in total. The highest BCUT2D eigenvalue weighted by molar-refractivity contribution is 5.90. The van der Waals surface area contributed by atoms with Crippen molar-refractivity contribution in [3.05, 3.63) is 0 Å². The van der Waals surface area contributed by atoms with Crippen LogP contribution in [0, 0.1) is 5.92 Å². The highest BCUT2D eigenvalue weighted by atomic mass is 16.5. The van der Waals surface area contributed by atoms with Crippen LogP contribution in [-0.2, 0) is 19.1 Å². The predicted molar refractivity (Wildman–Crippen MR) is 89.8 cm³/mol. The van der Waals surface area contributed by atoms with Crippen LogP contribution in [-0.4, -0.2) is 61.1 Å². The van der Waals surface area contributed by atoms with E-state index in [4.69, 9.17) is 4.74 Å². The molecule has 2 unspecified atom stereocenters. The molecule has 0 bridgehead atoms. The van der Waals surface area contributed by atoms with Crippen molar-refractivity contribution in [1.82, 2.24) is 21.1 Å².